The van der Waals surface area contributed by atoms with Crippen LogP contribution in [0, 0.1) is 11.8 Å². The van der Waals surface area contributed by atoms with Crippen molar-refractivity contribution in [1.29, 1.82) is 0 Å². The summed E-state index contributed by atoms with van der Waals surface area (Å²) in [5.41, 5.74) is -1.80. The topological polar surface area (TPSA) is 192 Å². The summed E-state index contributed by atoms with van der Waals surface area (Å²) in [5, 5.41) is -0.0186. The average Bonchev–Trinajstić information content (AvgIpc) is 3.92. The minimum atomic E-state index is -1.57. The van der Waals surface area contributed by atoms with Gasteiger partial charge in [0.15, 0.2) is 33.9 Å². The van der Waals surface area contributed by atoms with Crippen molar-refractivity contribution < 1.29 is 46.8 Å². The first-order valence-corrected chi connectivity index (χ1v) is 25.1. The third-order valence-corrected chi connectivity index (χ3v) is 11.6. The second-order valence-electron chi connectivity index (χ2n) is 24.1. The van der Waals surface area contributed by atoms with Crippen molar-refractivity contribution in [2.75, 3.05) is 18.1 Å². The fourth-order valence-corrected chi connectivity index (χ4v) is 8.60. The van der Waals surface area contributed by atoms with Gasteiger partial charge in [0.25, 0.3) is 5.95 Å². The zero-order valence-corrected chi connectivity index (χ0v) is 47.9. The van der Waals surface area contributed by atoms with E-state index in [1.165, 1.54) is 17.2 Å². The standard InChI is InChI=1S/C30H45ClFN5O6.C20H28ClFN5O2P/c1-16-17(14-40-27(2,3)4)21(41-28(5,6)7)18(32)20(16)36-15-33-19-22(31)34-24(35-23(19)36)37(25(38)42-29(8,9)10)26(39)43-30(11,12)13;1-10-11(8-28-19(2,3)4)15(29-20(5,6)7)12(22)14(10)27-9-23-13-16(21)24-18(26-30)25-17(13)27/h15,17-18,20-21H,1,14H2,2-13H3;9,11-12,14-15,30H,1,8H2,2-7H3/t17-,18+,20+,21+;11-,12+,14+,15+/m00/s1. The van der Waals surface area contributed by atoms with Gasteiger partial charge in [0.2, 0.25) is 5.95 Å². The van der Waals surface area contributed by atoms with Crippen LogP contribution >= 0.6 is 32.2 Å². The summed E-state index contributed by atoms with van der Waals surface area (Å²) >= 11 is 12.7. The first-order valence-electron chi connectivity index (χ1n) is 23.9. The zero-order chi connectivity index (χ0) is 55.3. The van der Waals surface area contributed by atoms with E-state index in [0.29, 0.717) is 33.8 Å². The number of nitrogens with zero attached hydrogens (tertiary/aromatic N) is 10. The maximum Gasteiger partial charge on any atom is 0.427 e. The average molecular weight is 1080 g/mol. The molecular weight excluding hydrogens is 1010 g/mol. The molecule has 0 N–H and O–H groups in total. The first kappa shape index (κ1) is 59.6. The number of amides is 2. The molecule has 2 aliphatic rings. The maximum absolute atomic E-state index is 16.5. The first-order chi connectivity index (χ1) is 33.2. The highest BCUT2D eigenvalue weighted by Gasteiger charge is 2.52. The van der Waals surface area contributed by atoms with Crippen LogP contribution in [-0.4, -0.2) is 123 Å². The Kier molecular flexibility index (Phi) is 17.7. The predicted molar refractivity (Wildman–Crippen MR) is 280 cm³/mol. The van der Waals surface area contributed by atoms with Crippen LogP contribution in [0.15, 0.2) is 41.7 Å². The Bertz CT molecular complexity index is 2670. The SMILES string of the molecule is C=C1[C@@H](n2cnc3c(Cl)nc(N(C(=O)OC(C)(C)C)C(=O)OC(C)(C)C)nc32)[C@@H](F)[C@H](OC(C)(C)C)[C@H]1COC(C)(C)C.C=C1[C@@H](n2cnc3c(Cl)nc(N=P)nc32)[C@@H](F)[C@H](OC(C)(C)C)[C@H]1COC(C)(C)C. The van der Waals surface area contributed by atoms with Crippen molar-refractivity contribution in [3.63, 3.8) is 0 Å². The van der Waals surface area contributed by atoms with Gasteiger partial charge in [-0.25, -0.2) is 28.3 Å². The second-order valence-corrected chi connectivity index (χ2v) is 25.0. The van der Waals surface area contributed by atoms with Gasteiger partial charge in [0, 0.05) is 11.8 Å². The van der Waals surface area contributed by atoms with Gasteiger partial charge in [-0.15, -0.1) is 4.90 Å². The van der Waals surface area contributed by atoms with E-state index >= 15 is 8.78 Å². The molecule has 2 amide bonds. The van der Waals surface area contributed by atoms with Crippen LogP contribution in [0.25, 0.3) is 22.3 Å². The van der Waals surface area contributed by atoms with Gasteiger partial charge in [-0.05, 0) is 145 Å². The lowest BCUT2D eigenvalue weighted by atomic mass is 10.0. The van der Waals surface area contributed by atoms with Crippen molar-refractivity contribution in [2.24, 2.45) is 16.6 Å². The molecule has 8 atom stereocenters. The fraction of sp³-hybridized carbons (Fsp3) is 0.680. The second kappa shape index (κ2) is 21.7. The maximum atomic E-state index is 16.5. The monoisotopic (exact) mass is 1080 g/mol. The molecule has 0 radical (unpaired) electrons. The van der Waals surface area contributed by atoms with E-state index in [-0.39, 0.29) is 45.5 Å². The number of fused-ring (bicyclic) bond motifs is 2. The summed E-state index contributed by atoms with van der Waals surface area (Å²) in [6.45, 7) is 41.7. The molecule has 6 rings (SSSR count). The molecule has 404 valence electrons. The molecule has 4 aromatic heterocycles. The van der Waals surface area contributed by atoms with E-state index in [2.05, 4.69) is 56.8 Å². The Labute approximate surface area is 439 Å². The molecule has 23 heteroatoms. The summed E-state index contributed by atoms with van der Waals surface area (Å²) in [7, 11) is 3.02. The Morgan fingerprint density at radius 3 is 1.33 bits per heavy atom. The molecule has 18 nitrogen and oxygen atoms in total. The van der Waals surface area contributed by atoms with E-state index in [1.807, 2.05) is 83.1 Å². The molecule has 4 aromatic rings. The van der Waals surface area contributed by atoms with Crippen molar-refractivity contribution in [1.82, 2.24) is 39.0 Å². The molecule has 0 saturated heterocycles. The molecule has 4 heterocycles. The highest BCUT2D eigenvalue weighted by molar-refractivity contribution is 7.04. The molecule has 73 heavy (non-hydrogen) atoms. The lowest BCUT2D eigenvalue weighted by molar-refractivity contribution is -0.119. The summed E-state index contributed by atoms with van der Waals surface area (Å²) < 4.78 is 74.5. The smallest absolute Gasteiger partial charge is 0.427 e. The van der Waals surface area contributed by atoms with Gasteiger partial charge < -0.3 is 37.6 Å². The van der Waals surface area contributed by atoms with Gasteiger partial charge in [-0.2, -0.15) is 24.7 Å². The van der Waals surface area contributed by atoms with Gasteiger partial charge in [-0.3, -0.25) is 0 Å². The summed E-state index contributed by atoms with van der Waals surface area (Å²) in [5.74, 6) is -1.12. The summed E-state index contributed by atoms with van der Waals surface area (Å²) in [6, 6.07) is -1.70. The van der Waals surface area contributed by atoms with Crippen LogP contribution < -0.4 is 4.90 Å². The predicted octanol–water partition coefficient (Wildman–Crippen LogP) is 12.7. The summed E-state index contributed by atoms with van der Waals surface area (Å²) in [6.07, 6.45) is -3.81. The fourth-order valence-electron chi connectivity index (χ4n) is 8.08. The van der Waals surface area contributed by atoms with E-state index in [0.717, 1.165) is 0 Å². The van der Waals surface area contributed by atoms with Gasteiger partial charge in [-0.1, -0.05) is 36.4 Å². The minimum Gasteiger partial charge on any atom is -0.443 e. The number of alkyl halides is 2. The van der Waals surface area contributed by atoms with E-state index < -0.39 is 88.7 Å². The Hall–Kier alpha value is -4.30. The van der Waals surface area contributed by atoms with Gasteiger partial charge in [0.05, 0.1) is 60.4 Å². The highest BCUT2D eigenvalue weighted by Crippen LogP contribution is 2.48. The normalized spacial score (nSPS) is 23.2. The number of halogens is 4. The molecular formula is C50H73Cl2F2N10O8P. The van der Waals surface area contributed by atoms with Gasteiger partial charge in [0.1, 0.15) is 34.4 Å². The van der Waals surface area contributed by atoms with Crippen molar-refractivity contribution in [3.05, 3.63) is 47.3 Å². The van der Waals surface area contributed by atoms with Crippen molar-refractivity contribution in [2.45, 2.75) is 195 Å². The largest absolute Gasteiger partial charge is 0.443 e. The number of imidazole rings is 2. The number of aromatic nitrogens is 8. The Morgan fingerprint density at radius 2 is 0.986 bits per heavy atom. The molecule has 0 bridgehead atoms. The number of imide groups is 1. The highest BCUT2D eigenvalue weighted by atomic mass is 35.5. The number of ether oxygens (including phenoxy) is 6. The van der Waals surface area contributed by atoms with Gasteiger partial charge >= 0.3 is 12.2 Å². The van der Waals surface area contributed by atoms with Crippen LogP contribution in [0.2, 0.25) is 10.3 Å². The molecule has 0 aliphatic heterocycles. The van der Waals surface area contributed by atoms with E-state index in [4.69, 9.17) is 51.6 Å². The molecule has 0 aromatic carbocycles. The number of anilines is 1. The number of carbonyl (C=O) groups is 2. The number of rotatable bonds is 10. The lowest BCUT2D eigenvalue weighted by Gasteiger charge is -2.31. The van der Waals surface area contributed by atoms with Crippen LogP contribution in [0.1, 0.15) is 137 Å². The van der Waals surface area contributed by atoms with Crippen LogP contribution in [0.5, 0.6) is 0 Å². The molecule has 2 fully saturated rings. The lowest BCUT2D eigenvalue weighted by Crippen LogP contribution is -2.44. The minimum absolute atomic E-state index is 0.0767. The van der Waals surface area contributed by atoms with Crippen molar-refractivity contribution in [3.8, 4) is 0 Å². The number of hydrogen-bond donors (Lipinski definition) is 0. The van der Waals surface area contributed by atoms with Crippen LogP contribution in [-0.2, 0) is 28.4 Å². The summed E-state index contributed by atoms with van der Waals surface area (Å²) in [4.78, 5) is 52.7. The van der Waals surface area contributed by atoms with E-state index in [1.54, 1.807) is 46.1 Å². The third kappa shape index (κ3) is 15.0. The van der Waals surface area contributed by atoms with Crippen LogP contribution in [0.4, 0.5) is 30.3 Å². The quantitative estimate of drug-likeness (QED) is 0.0827. The molecule has 0 unspecified atom stereocenters. The number of hydrogen-bond acceptors (Lipinski definition) is 15. The van der Waals surface area contributed by atoms with E-state index in [9.17, 15) is 9.59 Å². The Balaban J connectivity index is 0.000000288. The molecule has 2 aliphatic carbocycles. The Morgan fingerprint density at radius 1 is 0.616 bits per heavy atom. The molecule has 2 saturated carbocycles. The molecule has 0 spiro atoms. The van der Waals surface area contributed by atoms with Crippen molar-refractivity contribution >= 4 is 78.6 Å². The third-order valence-electron chi connectivity index (χ3n) is 10.9. The zero-order valence-electron chi connectivity index (χ0n) is 45.4. The number of carbonyl (C=O) groups excluding carboxylic acids is 2. The van der Waals surface area contributed by atoms with Crippen LogP contribution in [0.3, 0.4) is 0 Å².